The number of carbonyl (C=O) groups is 1. The molecule has 3 heterocycles. The second-order valence-corrected chi connectivity index (χ2v) is 9.02. The molecule has 2 fully saturated rings. The number of hydrogen-bond acceptors (Lipinski definition) is 6. The normalized spacial score (nSPS) is 22.1. The van der Waals surface area contributed by atoms with Gasteiger partial charge in [-0.25, -0.2) is 19.2 Å². The molecule has 0 saturated carbocycles. The third kappa shape index (κ3) is 5.57. The van der Waals surface area contributed by atoms with Crippen molar-refractivity contribution < 1.29 is 9.18 Å². The first kappa shape index (κ1) is 22.9. The monoisotopic (exact) mass is 451 g/mol. The number of carbonyl (C=O) groups excluding carboxylic acids is 1. The van der Waals surface area contributed by atoms with Crippen LogP contribution >= 0.6 is 0 Å². The number of nitrogens with zero attached hydrogens (tertiary/aromatic N) is 6. The summed E-state index contributed by atoms with van der Waals surface area (Å²) in [5, 5.41) is 12.2. The van der Waals surface area contributed by atoms with E-state index in [2.05, 4.69) is 25.1 Å². The van der Waals surface area contributed by atoms with Crippen molar-refractivity contribution in [2.24, 2.45) is 0 Å². The minimum Gasteiger partial charge on any atom is -0.337 e. The molecule has 0 radical (unpaired) electrons. The van der Waals surface area contributed by atoms with Crippen LogP contribution in [0.4, 0.5) is 15.1 Å². The summed E-state index contributed by atoms with van der Waals surface area (Å²) in [5.74, 6) is 0.371. The van der Waals surface area contributed by atoms with Gasteiger partial charge in [-0.3, -0.25) is 4.90 Å². The summed E-state index contributed by atoms with van der Waals surface area (Å²) in [6.45, 7) is 7.96. The number of amides is 2. The van der Waals surface area contributed by atoms with Crippen LogP contribution in [0.3, 0.4) is 0 Å². The van der Waals surface area contributed by atoms with Gasteiger partial charge in [-0.05, 0) is 44.4 Å². The molecule has 2 aliphatic rings. The maximum absolute atomic E-state index is 13.1. The molecule has 2 saturated heterocycles. The van der Waals surface area contributed by atoms with Crippen molar-refractivity contribution in [3.8, 4) is 6.07 Å². The molecule has 0 unspecified atom stereocenters. The number of anilines is 1. The summed E-state index contributed by atoms with van der Waals surface area (Å²) in [6, 6.07) is 8.83. The highest BCUT2D eigenvalue weighted by Crippen LogP contribution is 2.21. The second kappa shape index (κ2) is 10.1. The van der Waals surface area contributed by atoms with E-state index in [-0.39, 0.29) is 30.0 Å². The summed E-state index contributed by atoms with van der Waals surface area (Å²) in [7, 11) is 0. The lowest BCUT2D eigenvalue weighted by Gasteiger charge is -2.45. The van der Waals surface area contributed by atoms with Crippen molar-refractivity contribution in [1.82, 2.24) is 25.1 Å². The van der Waals surface area contributed by atoms with Gasteiger partial charge in [0.05, 0.1) is 18.0 Å². The molecule has 8 nitrogen and oxygen atoms in total. The fourth-order valence-electron chi connectivity index (χ4n) is 4.76. The summed E-state index contributed by atoms with van der Waals surface area (Å²) in [5.41, 5.74) is 1.53. The number of hydrogen-bond donors (Lipinski definition) is 1. The number of urea groups is 1. The molecule has 2 aromatic rings. The smallest absolute Gasteiger partial charge is 0.318 e. The van der Waals surface area contributed by atoms with E-state index in [1.807, 2.05) is 36.9 Å². The lowest BCUT2D eigenvalue weighted by Crippen LogP contribution is -2.62. The van der Waals surface area contributed by atoms with E-state index < -0.39 is 0 Å². The quantitative estimate of drug-likeness (QED) is 0.769. The number of benzene rings is 1. The highest BCUT2D eigenvalue weighted by atomic mass is 19.1. The van der Waals surface area contributed by atoms with Crippen molar-refractivity contribution in [2.75, 3.05) is 31.1 Å². The number of nitriles is 1. The Morgan fingerprint density at radius 2 is 1.73 bits per heavy atom. The van der Waals surface area contributed by atoms with Gasteiger partial charge >= 0.3 is 6.03 Å². The molecule has 2 aliphatic heterocycles. The molecule has 2 amide bonds. The van der Waals surface area contributed by atoms with Crippen LogP contribution < -0.4 is 10.2 Å². The Hall–Kier alpha value is -3.25. The van der Waals surface area contributed by atoms with Gasteiger partial charge in [0.15, 0.2) is 0 Å². The van der Waals surface area contributed by atoms with Crippen LogP contribution in [0.25, 0.3) is 0 Å². The van der Waals surface area contributed by atoms with Crippen molar-refractivity contribution in [3.63, 3.8) is 0 Å². The molecule has 1 N–H and O–H groups in total. The van der Waals surface area contributed by atoms with Crippen LogP contribution in [-0.4, -0.2) is 70.1 Å². The van der Waals surface area contributed by atoms with Gasteiger partial charge in [0.1, 0.15) is 11.9 Å². The number of piperidine rings is 1. The van der Waals surface area contributed by atoms with E-state index in [0.29, 0.717) is 24.6 Å². The Morgan fingerprint density at radius 1 is 1.12 bits per heavy atom. The van der Waals surface area contributed by atoms with Gasteiger partial charge in [-0.1, -0.05) is 12.1 Å². The third-order valence-corrected chi connectivity index (χ3v) is 6.44. The zero-order valence-corrected chi connectivity index (χ0v) is 19.1. The van der Waals surface area contributed by atoms with E-state index in [0.717, 1.165) is 38.0 Å². The van der Waals surface area contributed by atoms with Crippen LogP contribution in [0.2, 0.25) is 0 Å². The molecule has 1 aromatic carbocycles. The van der Waals surface area contributed by atoms with E-state index in [9.17, 15) is 9.18 Å². The molecule has 0 spiro atoms. The van der Waals surface area contributed by atoms with E-state index in [1.54, 1.807) is 0 Å². The zero-order valence-electron chi connectivity index (χ0n) is 19.1. The van der Waals surface area contributed by atoms with Gasteiger partial charge in [-0.15, -0.1) is 0 Å². The molecule has 9 heteroatoms. The van der Waals surface area contributed by atoms with Crippen LogP contribution in [0.5, 0.6) is 0 Å². The molecule has 4 rings (SSSR count). The van der Waals surface area contributed by atoms with Gasteiger partial charge in [0, 0.05) is 50.8 Å². The van der Waals surface area contributed by atoms with Crippen LogP contribution in [-0.2, 0) is 6.54 Å². The maximum Gasteiger partial charge on any atom is 0.318 e. The lowest BCUT2D eigenvalue weighted by atomic mass is 10.0. The molecular weight excluding hydrogens is 421 g/mol. The van der Waals surface area contributed by atoms with Crippen LogP contribution in [0, 0.1) is 17.1 Å². The number of rotatable bonds is 4. The highest BCUT2D eigenvalue weighted by Gasteiger charge is 2.35. The van der Waals surface area contributed by atoms with Gasteiger partial charge in [-0.2, -0.15) is 5.26 Å². The molecule has 0 bridgehead atoms. The first-order valence-electron chi connectivity index (χ1n) is 11.5. The van der Waals surface area contributed by atoms with Crippen molar-refractivity contribution in [3.05, 3.63) is 53.6 Å². The van der Waals surface area contributed by atoms with E-state index in [1.165, 1.54) is 24.5 Å². The average molecular weight is 452 g/mol. The van der Waals surface area contributed by atoms with Gasteiger partial charge < -0.3 is 15.1 Å². The van der Waals surface area contributed by atoms with E-state index in [4.69, 9.17) is 5.26 Å². The minimum atomic E-state index is -0.214. The summed E-state index contributed by atoms with van der Waals surface area (Å²) in [4.78, 5) is 28.0. The Kier molecular flexibility index (Phi) is 7.04. The number of halogens is 1. The van der Waals surface area contributed by atoms with Gasteiger partial charge in [0.2, 0.25) is 5.95 Å². The molecule has 2 atom stereocenters. The van der Waals surface area contributed by atoms with Crippen LogP contribution in [0.1, 0.15) is 37.8 Å². The van der Waals surface area contributed by atoms with E-state index >= 15 is 0 Å². The van der Waals surface area contributed by atoms with Crippen molar-refractivity contribution in [2.45, 2.75) is 51.4 Å². The lowest BCUT2D eigenvalue weighted by molar-refractivity contribution is 0.130. The minimum absolute atomic E-state index is 0.00607. The predicted octanol–water partition coefficient (Wildman–Crippen LogP) is 2.76. The number of nitrogens with one attached hydrogen (secondary N) is 1. The zero-order chi connectivity index (χ0) is 23.4. The highest BCUT2D eigenvalue weighted by molar-refractivity contribution is 5.75. The molecular formula is C24H30FN7O. The Morgan fingerprint density at radius 3 is 2.30 bits per heavy atom. The third-order valence-electron chi connectivity index (χ3n) is 6.44. The fourth-order valence-corrected chi connectivity index (χ4v) is 4.76. The Balaban J connectivity index is 1.27. The number of aromatic nitrogens is 2. The predicted molar refractivity (Wildman–Crippen MR) is 123 cm³/mol. The molecule has 0 aliphatic carbocycles. The Bertz CT molecular complexity index is 971. The SMILES string of the molecule is C[C@@H]1CN(c2ncc(C#N)cn2)C[C@H](C)N1C(=O)NC1CCN(Cc2ccc(F)cc2)CC1. The molecule has 174 valence electrons. The first-order valence-corrected chi connectivity index (χ1v) is 11.5. The van der Waals surface area contributed by atoms with Gasteiger partial charge in [0.25, 0.3) is 0 Å². The molecule has 33 heavy (non-hydrogen) atoms. The summed E-state index contributed by atoms with van der Waals surface area (Å²) in [6.07, 6.45) is 4.85. The topological polar surface area (TPSA) is 88.4 Å². The second-order valence-electron chi connectivity index (χ2n) is 9.02. The first-order chi connectivity index (χ1) is 15.9. The number of piperazine rings is 1. The largest absolute Gasteiger partial charge is 0.337 e. The van der Waals surface area contributed by atoms with Crippen molar-refractivity contribution in [1.29, 1.82) is 5.26 Å². The summed E-state index contributed by atoms with van der Waals surface area (Å²) < 4.78 is 13.1. The van der Waals surface area contributed by atoms with Crippen LogP contribution in [0.15, 0.2) is 36.7 Å². The average Bonchev–Trinajstić information content (AvgIpc) is 2.81. The summed E-state index contributed by atoms with van der Waals surface area (Å²) >= 11 is 0. The standard InChI is InChI=1S/C24H30FN7O/c1-17-14-31(23-27-12-20(11-26)13-28-23)15-18(2)32(17)24(33)29-22-7-9-30(10-8-22)16-19-3-5-21(25)6-4-19/h3-6,12-13,17-18,22H,7-10,14-16H2,1-2H3,(H,29,33)/t17-,18+. The molecule has 1 aromatic heterocycles. The van der Waals surface area contributed by atoms with Crippen molar-refractivity contribution >= 4 is 12.0 Å². The number of likely N-dealkylation sites (tertiary alicyclic amines) is 1. The fraction of sp³-hybridized carbons (Fsp3) is 0.500. The maximum atomic E-state index is 13.1. The Labute approximate surface area is 194 Å².